The Hall–Kier alpha value is -1.68. The van der Waals surface area contributed by atoms with Crippen LogP contribution in [0.25, 0.3) is 0 Å². The Kier molecular flexibility index (Phi) is 14.5. The summed E-state index contributed by atoms with van der Waals surface area (Å²) in [5.74, 6) is 1.75. The normalized spacial score (nSPS) is 50.2. The Morgan fingerprint density at radius 3 is 2.11 bits per heavy atom. The van der Waals surface area contributed by atoms with Crippen LogP contribution in [0, 0.1) is 35.5 Å². The number of alkyl halides is 1. The first-order valence-electron chi connectivity index (χ1n) is 19.6. The summed E-state index contributed by atoms with van der Waals surface area (Å²) in [7, 11) is 4.38. The molecule has 4 heterocycles. The zero-order chi connectivity index (χ0) is 41.5. The molecule has 5 aliphatic rings. The molecular formula is C41H63ClO14. The van der Waals surface area contributed by atoms with Gasteiger partial charge in [-0.1, -0.05) is 37.3 Å². The van der Waals surface area contributed by atoms with Crippen LogP contribution in [0.3, 0.4) is 0 Å². The fourth-order valence-electron chi connectivity index (χ4n) is 8.62. The van der Waals surface area contributed by atoms with Crippen molar-refractivity contribution in [3.05, 3.63) is 23.8 Å². The molecule has 20 atom stereocenters. The fourth-order valence-corrected chi connectivity index (χ4v) is 8.88. The van der Waals surface area contributed by atoms with Crippen LogP contribution in [-0.4, -0.2) is 144 Å². The van der Waals surface area contributed by atoms with E-state index in [1.54, 1.807) is 40.0 Å². The second kappa shape index (κ2) is 17.9. The van der Waals surface area contributed by atoms with Crippen LogP contribution in [-0.2, 0) is 47.4 Å². The van der Waals surface area contributed by atoms with Crippen molar-refractivity contribution >= 4 is 17.6 Å². The van der Waals surface area contributed by atoms with Crippen LogP contribution >= 0.6 is 11.6 Å². The molecule has 0 aromatic rings. The van der Waals surface area contributed by atoms with E-state index in [1.165, 1.54) is 28.1 Å². The van der Waals surface area contributed by atoms with Gasteiger partial charge in [0.1, 0.15) is 47.6 Å². The summed E-state index contributed by atoms with van der Waals surface area (Å²) in [5, 5.41) is 46.2. The van der Waals surface area contributed by atoms with Gasteiger partial charge in [0.05, 0.1) is 30.5 Å². The van der Waals surface area contributed by atoms with Gasteiger partial charge < -0.3 is 63.1 Å². The summed E-state index contributed by atoms with van der Waals surface area (Å²) >= 11 is 6.09. The molecule has 2 bridgehead atoms. The molecule has 1 saturated carbocycles. The molecule has 4 aliphatic heterocycles. The van der Waals surface area contributed by atoms with Gasteiger partial charge in [-0.2, -0.15) is 0 Å². The van der Waals surface area contributed by atoms with Crippen LogP contribution in [0.5, 0.6) is 0 Å². The SMILES string of the molecule is COC1C=C(C)CC(C=CC#CC2CC2Cl)OC(=O)C(C)C2(O)CC(OC3OC(C)C(OC4OC(C)C(O)C(C)(O)C4OC)C(C)(O)C3OC)C(C)C(O2)C1C. The van der Waals surface area contributed by atoms with E-state index in [0.717, 1.165) is 12.0 Å². The van der Waals surface area contributed by atoms with Crippen molar-refractivity contribution in [2.45, 2.75) is 171 Å². The van der Waals surface area contributed by atoms with E-state index in [2.05, 4.69) is 11.8 Å². The van der Waals surface area contributed by atoms with Gasteiger partial charge in [-0.25, -0.2) is 0 Å². The fraction of sp³-hybridized carbons (Fsp3) is 0.829. The van der Waals surface area contributed by atoms with E-state index >= 15 is 0 Å². The smallest absolute Gasteiger partial charge is 0.314 e. The molecule has 1 aliphatic carbocycles. The zero-order valence-electron chi connectivity index (χ0n) is 34.4. The molecule has 0 aromatic heterocycles. The van der Waals surface area contributed by atoms with Crippen molar-refractivity contribution in [3.63, 3.8) is 0 Å². The van der Waals surface area contributed by atoms with E-state index in [1.807, 2.05) is 26.8 Å². The summed E-state index contributed by atoms with van der Waals surface area (Å²) in [6.45, 7) is 13.7. The molecule has 4 N–H and O–H groups in total. The lowest BCUT2D eigenvalue weighted by atomic mass is 9.77. The number of rotatable bonds is 8. The molecule has 5 rings (SSSR count). The van der Waals surface area contributed by atoms with Crippen LogP contribution in [0.4, 0.5) is 0 Å². The lowest BCUT2D eigenvalue weighted by molar-refractivity contribution is -0.395. The van der Waals surface area contributed by atoms with Gasteiger partial charge in [-0.05, 0) is 60.1 Å². The van der Waals surface area contributed by atoms with E-state index in [9.17, 15) is 25.2 Å². The van der Waals surface area contributed by atoms with Gasteiger partial charge in [0, 0.05) is 57.3 Å². The number of esters is 1. The van der Waals surface area contributed by atoms with Gasteiger partial charge in [0.2, 0.25) is 0 Å². The molecule has 15 heteroatoms. The molecule has 0 radical (unpaired) electrons. The van der Waals surface area contributed by atoms with E-state index in [4.69, 9.17) is 54.2 Å². The summed E-state index contributed by atoms with van der Waals surface area (Å²) in [6, 6.07) is 0. The highest BCUT2D eigenvalue weighted by atomic mass is 35.5. The minimum Gasteiger partial charge on any atom is -0.457 e. The maximum atomic E-state index is 13.8. The van der Waals surface area contributed by atoms with Crippen molar-refractivity contribution in [1.29, 1.82) is 0 Å². The predicted octanol–water partition coefficient (Wildman–Crippen LogP) is 2.99. The van der Waals surface area contributed by atoms with Crippen molar-refractivity contribution in [3.8, 4) is 11.8 Å². The van der Waals surface area contributed by atoms with E-state index < -0.39 is 102 Å². The van der Waals surface area contributed by atoms with Crippen LogP contribution in [0.15, 0.2) is 23.8 Å². The highest BCUT2D eigenvalue weighted by Gasteiger charge is 2.60. The Morgan fingerprint density at radius 1 is 0.893 bits per heavy atom. The van der Waals surface area contributed by atoms with Crippen molar-refractivity contribution in [1.82, 2.24) is 0 Å². The maximum Gasteiger partial charge on any atom is 0.314 e. The van der Waals surface area contributed by atoms with Crippen molar-refractivity contribution in [2.75, 3.05) is 21.3 Å². The standard InChI is InChI=1S/C41H63ClO14/c1-20-16-27(15-13-12-14-26-18-28(26)42)53-36(44)23(4)41(47)19-30(22(3)31(56-41)21(2)29(17-20)48-9)54-37-35(50-11)40(8,46)33(25(6)52-37)55-38-34(49-10)39(7,45)32(43)24(5)51-38/h13,15,17,21-35,37-38,43,45-47H,16,18-19H2,1-11H3. The first-order valence-corrected chi connectivity index (χ1v) is 20.1. The maximum absolute atomic E-state index is 13.8. The lowest BCUT2D eigenvalue weighted by Crippen LogP contribution is -2.70. The molecular weight excluding hydrogens is 752 g/mol. The Morgan fingerprint density at radius 2 is 1.50 bits per heavy atom. The number of allylic oxidation sites excluding steroid dienone is 1. The van der Waals surface area contributed by atoms with Crippen LogP contribution in [0.2, 0.25) is 0 Å². The minimum atomic E-state index is -2.03. The third-order valence-corrected chi connectivity index (χ3v) is 12.9. The Balaban J connectivity index is 1.40. The molecule has 20 unspecified atom stereocenters. The summed E-state index contributed by atoms with van der Waals surface area (Å²) in [5.41, 5.74) is -2.57. The molecule has 0 spiro atoms. The third-order valence-electron chi connectivity index (χ3n) is 12.4. The van der Waals surface area contributed by atoms with Gasteiger partial charge >= 0.3 is 5.97 Å². The lowest BCUT2D eigenvalue weighted by Gasteiger charge is -2.54. The number of halogens is 1. The topological polar surface area (TPSA) is 181 Å². The van der Waals surface area contributed by atoms with Crippen LogP contribution < -0.4 is 0 Å². The van der Waals surface area contributed by atoms with Gasteiger partial charge in [0.15, 0.2) is 18.4 Å². The Labute approximate surface area is 336 Å². The number of hydrogen-bond donors (Lipinski definition) is 4. The summed E-state index contributed by atoms with van der Waals surface area (Å²) < 4.78 is 55.1. The number of carbonyl (C=O) groups is 1. The second-order valence-electron chi connectivity index (χ2n) is 16.8. The second-order valence-corrected chi connectivity index (χ2v) is 17.4. The molecule has 0 amide bonds. The van der Waals surface area contributed by atoms with Gasteiger partial charge in [0.25, 0.3) is 0 Å². The minimum absolute atomic E-state index is 0.0722. The molecule has 56 heavy (non-hydrogen) atoms. The summed E-state index contributed by atoms with van der Waals surface area (Å²) in [4.78, 5) is 13.8. The average Bonchev–Trinajstić information content (AvgIpc) is 3.84. The number of cyclic esters (lactones) is 1. The van der Waals surface area contributed by atoms with Gasteiger partial charge in [-0.15, -0.1) is 11.6 Å². The van der Waals surface area contributed by atoms with Gasteiger partial charge in [-0.3, -0.25) is 4.79 Å². The predicted molar refractivity (Wildman–Crippen MR) is 203 cm³/mol. The monoisotopic (exact) mass is 814 g/mol. The number of carbonyl (C=O) groups excluding carboxylic acids is 1. The largest absolute Gasteiger partial charge is 0.457 e. The molecule has 3 saturated heterocycles. The quantitative estimate of drug-likeness (QED) is 0.122. The van der Waals surface area contributed by atoms with Crippen molar-refractivity contribution < 1.29 is 67.9 Å². The molecule has 4 fully saturated rings. The van der Waals surface area contributed by atoms with E-state index in [-0.39, 0.29) is 29.6 Å². The number of ether oxygens (including phenoxy) is 9. The highest BCUT2D eigenvalue weighted by molar-refractivity contribution is 6.22. The number of aliphatic hydroxyl groups is 4. The van der Waals surface area contributed by atoms with Crippen LogP contribution in [0.1, 0.15) is 74.7 Å². The van der Waals surface area contributed by atoms with Crippen molar-refractivity contribution in [2.24, 2.45) is 23.7 Å². The first-order chi connectivity index (χ1) is 26.2. The molecule has 14 nitrogen and oxygen atoms in total. The number of fused-ring (bicyclic) bond motifs is 2. The third kappa shape index (κ3) is 9.36. The number of hydrogen-bond acceptors (Lipinski definition) is 14. The average molecular weight is 815 g/mol. The highest BCUT2D eigenvalue weighted by Crippen LogP contribution is 2.45. The molecule has 0 aromatic carbocycles. The first kappa shape index (κ1) is 45.4. The zero-order valence-corrected chi connectivity index (χ0v) is 35.2. The summed E-state index contributed by atoms with van der Waals surface area (Å²) in [6.07, 6.45) is -4.64. The number of aliphatic hydroxyl groups excluding tert-OH is 1. The van der Waals surface area contributed by atoms with E-state index in [0.29, 0.717) is 6.42 Å². The Bertz CT molecular complexity index is 1490. The molecule has 318 valence electrons. The number of methoxy groups -OCH3 is 3.